The fourth-order valence-corrected chi connectivity index (χ4v) is 2.44. The van der Waals surface area contributed by atoms with Gasteiger partial charge in [0.2, 0.25) is 17.7 Å². The Labute approximate surface area is 131 Å². The van der Waals surface area contributed by atoms with Crippen molar-refractivity contribution in [3.05, 3.63) is 29.3 Å². The number of aromatic nitrogens is 2. The topological polar surface area (TPSA) is 111 Å². The van der Waals surface area contributed by atoms with Crippen molar-refractivity contribution in [2.45, 2.75) is 19.1 Å². The van der Waals surface area contributed by atoms with Crippen LogP contribution in [0.25, 0.3) is 11.5 Å². The first-order valence-electron chi connectivity index (χ1n) is 6.54. The van der Waals surface area contributed by atoms with E-state index >= 15 is 0 Å². The van der Waals surface area contributed by atoms with Gasteiger partial charge in [0, 0.05) is 5.56 Å². The SMILES string of the molecule is Cc1cc(C)cc(-c2nnc(SCC(=O)NCC(N)=O)o2)c1. The number of nitrogens with two attached hydrogens (primary N) is 1. The van der Waals surface area contributed by atoms with Crippen LogP contribution in [-0.4, -0.2) is 34.3 Å². The number of carbonyl (C=O) groups excluding carboxylic acids is 2. The zero-order valence-corrected chi connectivity index (χ0v) is 13.1. The van der Waals surface area contributed by atoms with E-state index in [1.165, 1.54) is 0 Å². The molecule has 22 heavy (non-hydrogen) atoms. The van der Waals surface area contributed by atoms with E-state index in [-0.39, 0.29) is 18.2 Å². The molecule has 3 N–H and O–H groups in total. The Morgan fingerprint density at radius 1 is 1.23 bits per heavy atom. The van der Waals surface area contributed by atoms with Gasteiger partial charge in [-0.2, -0.15) is 0 Å². The Balaban J connectivity index is 1.97. The number of thioether (sulfide) groups is 1. The molecule has 2 aromatic rings. The van der Waals surface area contributed by atoms with Gasteiger partial charge in [-0.3, -0.25) is 9.59 Å². The predicted molar refractivity (Wildman–Crippen MR) is 82.1 cm³/mol. The van der Waals surface area contributed by atoms with Crippen LogP contribution in [0.3, 0.4) is 0 Å². The molecule has 116 valence electrons. The molecule has 0 bridgehead atoms. The molecular weight excluding hydrogens is 304 g/mol. The molecule has 0 spiro atoms. The van der Waals surface area contributed by atoms with E-state index < -0.39 is 5.91 Å². The molecule has 0 aliphatic carbocycles. The van der Waals surface area contributed by atoms with E-state index in [4.69, 9.17) is 10.2 Å². The summed E-state index contributed by atoms with van der Waals surface area (Å²) in [5.41, 5.74) is 7.99. The van der Waals surface area contributed by atoms with Crippen LogP contribution in [-0.2, 0) is 9.59 Å². The number of hydrogen-bond acceptors (Lipinski definition) is 6. The van der Waals surface area contributed by atoms with E-state index in [9.17, 15) is 9.59 Å². The smallest absolute Gasteiger partial charge is 0.277 e. The van der Waals surface area contributed by atoms with Crippen LogP contribution in [0.5, 0.6) is 0 Å². The van der Waals surface area contributed by atoms with E-state index in [1.807, 2.05) is 26.0 Å². The summed E-state index contributed by atoms with van der Waals surface area (Å²) in [5, 5.41) is 10.5. The fourth-order valence-electron chi connectivity index (χ4n) is 1.85. The molecule has 0 aliphatic heterocycles. The third-order valence-electron chi connectivity index (χ3n) is 2.66. The highest BCUT2D eigenvalue weighted by molar-refractivity contribution is 7.99. The van der Waals surface area contributed by atoms with Crippen LogP contribution >= 0.6 is 11.8 Å². The molecule has 0 fully saturated rings. The molecule has 8 heteroatoms. The number of amides is 2. The summed E-state index contributed by atoms with van der Waals surface area (Å²) in [6.07, 6.45) is 0. The van der Waals surface area contributed by atoms with E-state index in [2.05, 4.69) is 21.6 Å². The average Bonchev–Trinajstić information content (AvgIpc) is 2.90. The summed E-state index contributed by atoms with van der Waals surface area (Å²) < 4.78 is 5.52. The minimum absolute atomic E-state index is 0.0712. The Morgan fingerprint density at radius 2 is 1.91 bits per heavy atom. The minimum atomic E-state index is -0.590. The maximum atomic E-state index is 11.5. The van der Waals surface area contributed by atoms with Crippen molar-refractivity contribution in [1.82, 2.24) is 15.5 Å². The number of rotatable bonds is 6. The minimum Gasteiger partial charge on any atom is -0.411 e. The van der Waals surface area contributed by atoms with Gasteiger partial charge >= 0.3 is 0 Å². The van der Waals surface area contributed by atoms with Crippen LogP contribution in [0.15, 0.2) is 27.8 Å². The molecule has 0 atom stereocenters. The Morgan fingerprint density at radius 3 is 2.55 bits per heavy atom. The van der Waals surface area contributed by atoms with Crippen LogP contribution in [0, 0.1) is 13.8 Å². The lowest BCUT2D eigenvalue weighted by Crippen LogP contribution is -2.34. The quantitative estimate of drug-likeness (QED) is 0.770. The molecule has 0 saturated heterocycles. The molecule has 7 nitrogen and oxygen atoms in total. The van der Waals surface area contributed by atoms with Gasteiger partial charge in [-0.15, -0.1) is 10.2 Å². The molecule has 1 aromatic carbocycles. The van der Waals surface area contributed by atoms with Gasteiger partial charge in [-0.05, 0) is 26.0 Å². The summed E-state index contributed by atoms with van der Waals surface area (Å²) >= 11 is 1.10. The van der Waals surface area contributed by atoms with Gasteiger partial charge in [0.15, 0.2) is 0 Å². The van der Waals surface area contributed by atoms with Crippen molar-refractivity contribution in [2.75, 3.05) is 12.3 Å². The number of hydrogen-bond donors (Lipinski definition) is 2. The summed E-state index contributed by atoms with van der Waals surface area (Å²) in [6, 6.07) is 5.96. The number of aryl methyl sites for hydroxylation is 2. The number of nitrogens with zero attached hydrogens (tertiary/aromatic N) is 2. The lowest BCUT2D eigenvalue weighted by atomic mass is 10.1. The van der Waals surface area contributed by atoms with Crippen LogP contribution < -0.4 is 11.1 Å². The van der Waals surface area contributed by atoms with Crippen molar-refractivity contribution < 1.29 is 14.0 Å². The van der Waals surface area contributed by atoms with Crippen LogP contribution in [0.2, 0.25) is 0 Å². The van der Waals surface area contributed by atoms with Crippen molar-refractivity contribution in [2.24, 2.45) is 5.73 Å². The first-order valence-corrected chi connectivity index (χ1v) is 7.52. The second kappa shape index (κ2) is 7.08. The average molecular weight is 320 g/mol. The normalized spacial score (nSPS) is 10.5. The molecule has 0 saturated carbocycles. The fraction of sp³-hybridized carbons (Fsp3) is 0.286. The van der Waals surface area contributed by atoms with E-state index in [0.29, 0.717) is 11.1 Å². The van der Waals surface area contributed by atoms with E-state index in [1.54, 1.807) is 0 Å². The summed E-state index contributed by atoms with van der Waals surface area (Å²) in [4.78, 5) is 22.0. The highest BCUT2D eigenvalue weighted by Gasteiger charge is 2.12. The molecule has 2 amide bonds. The highest BCUT2D eigenvalue weighted by atomic mass is 32.2. The lowest BCUT2D eigenvalue weighted by molar-refractivity contribution is -0.123. The molecule has 1 heterocycles. The molecule has 1 aromatic heterocycles. The maximum absolute atomic E-state index is 11.5. The lowest BCUT2D eigenvalue weighted by Gasteiger charge is -2.00. The largest absolute Gasteiger partial charge is 0.411 e. The summed E-state index contributed by atoms with van der Waals surface area (Å²) in [5.74, 6) is -0.433. The van der Waals surface area contributed by atoms with Crippen molar-refractivity contribution in [3.63, 3.8) is 0 Å². The molecular formula is C14H16N4O3S. The first-order chi connectivity index (χ1) is 10.4. The number of nitrogens with one attached hydrogen (secondary N) is 1. The zero-order valence-electron chi connectivity index (χ0n) is 12.3. The number of benzene rings is 1. The Bertz CT molecular complexity index is 679. The summed E-state index contributed by atoms with van der Waals surface area (Å²) in [6.45, 7) is 3.80. The second-order valence-corrected chi connectivity index (χ2v) is 5.71. The second-order valence-electron chi connectivity index (χ2n) is 4.78. The van der Waals surface area contributed by atoms with E-state index in [0.717, 1.165) is 28.5 Å². The Hall–Kier alpha value is -2.35. The van der Waals surface area contributed by atoms with Gasteiger partial charge in [-0.25, -0.2) is 0 Å². The molecule has 2 rings (SSSR count). The Kier molecular flexibility index (Phi) is 5.16. The summed E-state index contributed by atoms with van der Waals surface area (Å²) in [7, 11) is 0. The maximum Gasteiger partial charge on any atom is 0.277 e. The number of carbonyl (C=O) groups is 2. The highest BCUT2D eigenvalue weighted by Crippen LogP contribution is 2.24. The third-order valence-corrected chi connectivity index (χ3v) is 3.48. The van der Waals surface area contributed by atoms with Crippen molar-refractivity contribution >= 4 is 23.6 Å². The van der Waals surface area contributed by atoms with Gasteiger partial charge in [0.05, 0.1) is 12.3 Å². The van der Waals surface area contributed by atoms with Gasteiger partial charge in [0.25, 0.3) is 5.22 Å². The van der Waals surface area contributed by atoms with Crippen LogP contribution in [0.1, 0.15) is 11.1 Å². The van der Waals surface area contributed by atoms with Crippen molar-refractivity contribution in [3.8, 4) is 11.5 Å². The predicted octanol–water partition coefficient (Wildman–Crippen LogP) is 1.05. The van der Waals surface area contributed by atoms with Gasteiger partial charge < -0.3 is 15.5 Å². The molecule has 0 aliphatic rings. The molecule has 0 radical (unpaired) electrons. The standard InChI is InChI=1S/C14H16N4O3S/c1-8-3-9(2)5-10(4-8)13-17-18-14(21-13)22-7-12(20)16-6-11(15)19/h3-5H,6-7H2,1-2H3,(H2,15,19)(H,16,20). The van der Waals surface area contributed by atoms with Gasteiger partial charge in [-0.1, -0.05) is 29.0 Å². The third kappa shape index (κ3) is 4.59. The van der Waals surface area contributed by atoms with Crippen LogP contribution in [0.4, 0.5) is 0 Å². The van der Waals surface area contributed by atoms with Gasteiger partial charge in [0.1, 0.15) is 0 Å². The monoisotopic (exact) mass is 320 g/mol. The molecule has 0 unspecified atom stereocenters. The number of primary amides is 1. The first kappa shape index (κ1) is 16.0. The zero-order chi connectivity index (χ0) is 16.1. The van der Waals surface area contributed by atoms with Crippen molar-refractivity contribution in [1.29, 1.82) is 0 Å².